The maximum atomic E-state index is 7.21. The maximum absolute atomic E-state index is 7.21. The zero-order chi connectivity index (χ0) is 46.7. The molecule has 7 aromatic carbocycles. The third-order valence-electron chi connectivity index (χ3n) is 13.1. The second-order valence-electron chi connectivity index (χ2n) is 20.0. The van der Waals surface area contributed by atoms with Crippen LogP contribution in [-0.4, -0.2) is 32.7 Å². The fraction of sp³-hybridized carbons (Fsp3) is 0.183. The first-order valence-corrected chi connectivity index (χ1v) is 23.5. The molecule has 0 fully saturated rings. The van der Waals surface area contributed by atoms with Gasteiger partial charge >= 0.3 is 0 Å². The summed E-state index contributed by atoms with van der Waals surface area (Å²) in [4.78, 5) is 20.5. The molecule has 2 aliphatic heterocycles. The molecule has 2 aliphatic rings. The lowest BCUT2D eigenvalue weighted by Crippen LogP contribution is -2.23. The number of nitrogens with one attached hydrogen (secondary N) is 1. The average molecular weight is 890 g/mol. The molecule has 9 aromatic rings. The van der Waals surface area contributed by atoms with Crippen LogP contribution in [-0.2, 0) is 10.8 Å². The summed E-state index contributed by atoms with van der Waals surface area (Å²) < 4.78 is 9.50. The Bertz CT molecular complexity index is 3350. The molecule has 0 amide bonds. The summed E-state index contributed by atoms with van der Waals surface area (Å²) in [5.41, 5.74) is 12.9. The maximum Gasteiger partial charge on any atom is 0.167 e. The van der Waals surface area contributed by atoms with Gasteiger partial charge in [0.05, 0.1) is 28.0 Å². The highest BCUT2D eigenvalue weighted by molar-refractivity contribution is 6.12. The van der Waals surface area contributed by atoms with Crippen LogP contribution in [0.2, 0.25) is 0 Å². The van der Waals surface area contributed by atoms with Gasteiger partial charge in [-0.25, -0.2) is 15.0 Å². The highest BCUT2D eigenvalue weighted by atomic mass is 16.5. The second kappa shape index (κ2) is 16.7. The van der Waals surface area contributed by atoms with E-state index in [4.69, 9.17) is 19.7 Å². The van der Waals surface area contributed by atoms with E-state index in [0.717, 1.165) is 73.6 Å². The third-order valence-corrected chi connectivity index (χ3v) is 13.1. The van der Waals surface area contributed by atoms with Crippen LogP contribution >= 0.6 is 0 Å². The minimum atomic E-state index is -0.000988. The topological polar surface area (TPSA) is 71.3 Å². The molecule has 0 spiro atoms. The first-order valence-electron chi connectivity index (χ1n) is 23.5. The highest BCUT2D eigenvalue weighted by Gasteiger charge is 2.29. The average Bonchev–Trinajstić information content (AvgIpc) is 3.90. The second-order valence-corrected chi connectivity index (χ2v) is 20.0. The number of nitrogens with zero attached hydrogens (tertiary/aromatic N) is 6. The van der Waals surface area contributed by atoms with Crippen molar-refractivity contribution in [3.05, 3.63) is 193 Å². The summed E-state index contributed by atoms with van der Waals surface area (Å²) in [5, 5.41) is 5.80. The van der Waals surface area contributed by atoms with Crippen LogP contribution < -0.4 is 19.9 Å². The van der Waals surface area contributed by atoms with Crippen molar-refractivity contribution in [2.45, 2.75) is 59.3 Å². The zero-order valence-corrected chi connectivity index (χ0v) is 39.7. The van der Waals surface area contributed by atoms with Crippen molar-refractivity contribution in [1.29, 1.82) is 0 Å². The first kappa shape index (κ1) is 42.7. The molecule has 0 saturated carbocycles. The van der Waals surface area contributed by atoms with Gasteiger partial charge in [0.15, 0.2) is 17.5 Å². The summed E-state index contributed by atoms with van der Waals surface area (Å²) in [6.07, 6.45) is 6.36. The normalized spacial score (nSPS) is 13.8. The molecule has 8 heteroatoms. The number of para-hydroxylation sites is 3. The molecule has 0 radical (unpaired) electrons. The Morgan fingerprint density at radius 3 is 1.76 bits per heavy atom. The molecule has 1 N–H and O–H groups in total. The molecule has 0 unspecified atom stereocenters. The van der Waals surface area contributed by atoms with Gasteiger partial charge in [-0.1, -0.05) is 156 Å². The molecular weight excluding hydrogens is 835 g/mol. The quantitative estimate of drug-likeness (QED) is 0.163. The number of fused-ring (bicyclic) bond motifs is 4. The van der Waals surface area contributed by atoms with E-state index in [1.165, 1.54) is 16.7 Å². The van der Waals surface area contributed by atoms with Crippen LogP contribution in [0.1, 0.15) is 58.2 Å². The molecule has 0 aliphatic carbocycles. The van der Waals surface area contributed by atoms with E-state index in [1.54, 1.807) is 0 Å². The van der Waals surface area contributed by atoms with Crippen LogP contribution in [0.15, 0.2) is 176 Å². The van der Waals surface area contributed by atoms with Crippen LogP contribution in [0, 0.1) is 6.92 Å². The zero-order valence-electron chi connectivity index (χ0n) is 39.7. The monoisotopic (exact) mass is 889 g/mol. The lowest BCUT2D eigenvalue weighted by molar-refractivity contribution is 0.484. The minimum absolute atomic E-state index is 0.000988. The van der Waals surface area contributed by atoms with Crippen molar-refractivity contribution < 1.29 is 4.74 Å². The number of rotatable bonds is 8. The Balaban J connectivity index is 1.09. The number of anilines is 4. The third kappa shape index (κ3) is 7.96. The van der Waals surface area contributed by atoms with E-state index in [-0.39, 0.29) is 10.8 Å². The van der Waals surface area contributed by atoms with E-state index >= 15 is 0 Å². The van der Waals surface area contributed by atoms with Gasteiger partial charge in [0.1, 0.15) is 24.0 Å². The summed E-state index contributed by atoms with van der Waals surface area (Å²) >= 11 is 0. The van der Waals surface area contributed by atoms with Gasteiger partial charge in [-0.2, -0.15) is 0 Å². The van der Waals surface area contributed by atoms with Crippen LogP contribution in [0.3, 0.4) is 0 Å². The smallest absolute Gasteiger partial charge is 0.167 e. The molecule has 0 atom stereocenters. The molecular formula is C60H55N7O. The lowest BCUT2D eigenvalue weighted by Gasteiger charge is -2.23. The predicted molar refractivity (Wildman–Crippen MR) is 281 cm³/mol. The molecule has 8 nitrogen and oxygen atoms in total. The van der Waals surface area contributed by atoms with Gasteiger partial charge in [-0.3, -0.25) is 4.57 Å². The molecule has 4 heterocycles. The van der Waals surface area contributed by atoms with E-state index in [2.05, 4.69) is 238 Å². The highest BCUT2D eigenvalue weighted by Crippen LogP contribution is 2.46. The largest absolute Gasteiger partial charge is 0.456 e. The Kier molecular flexibility index (Phi) is 10.5. The Morgan fingerprint density at radius 1 is 0.544 bits per heavy atom. The lowest BCUT2D eigenvalue weighted by atomic mass is 9.86. The van der Waals surface area contributed by atoms with Gasteiger partial charge in [-0.15, -0.1) is 0 Å². The first-order chi connectivity index (χ1) is 32.9. The number of aryl methyl sites for hydroxylation is 1. The Hall–Kier alpha value is -7.97. The van der Waals surface area contributed by atoms with Crippen molar-refractivity contribution >= 4 is 50.4 Å². The summed E-state index contributed by atoms with van der Waals surface area (Å²) in [7, 11) is 0. The van der Waals surface area contributed by atoms with E-state index < -0.39 is 0 Å². The minimum Gasteiger partial charge on any atom is -0.456 e. The number of dihydropyridines is 1. The van der Waals surface area contributed by atoms with Gasteiger partial charge in [0.25, 0.3) is 0 Å². The van der Waals surface area contributed by atoms with Crippen LogP contribution in [0.4, 0.5) is 22.7 Å². The number of hydrogen-bond acceptors (Lipinski definition) is 7. The fourth-order valence-corrected chi connectivity index (χ4v) is 9.33. The molecule has 336 valence electrons. The van der Waals surface area contributed by atoms with E-state index in [0.29, 0.717) is 35.6 Å². The number of aromatic nitrogens is 4. The summed E-state index contributed by atoms with van der Waals surface area (Å²) in [6.45, 7) is 16.9. The van der Waals surface area contributed by atoms with Gasteiger partial charge in [-0.05, 0) is 83.5 Å². The van der Waals surface area contributed by atoms with Crippen molar-refractivity contribution in [3.63, 3.8) is 0 Å². The van der Waals surface area contributed by atoms with Crippen molar-refractivity contribution in [2.24, 2.45) is 0 Å². The van der Waals surface area contributed by atoms with Gasteiger partial charge in [0, 0.05) is 52.0 Å². The van der Waals surface area contributed by atoms with E-state index in [9.17, 15) is 0 Å². The predicted octanol–water partition coefficient (Wildman–Crippen LogP) is 14.9. The van der Waals surface area contributed by atoms with Crippen molar-refractivity contribution in [3.8, 4) is 45.7 Å². The number of allylic oxidation sites excluding steroid dienone is 2. The Labute approximate surface area is 398 Å². The molecule has 68 heavy (non-hydrogen) atoms. The van der Waals surface area contributed by atoms with Crippen molar-refractivity contribution in [2.75, 3.05) is 23.0 Å². The molecule has 0 bridgehead atoms. The van der Waals surface area contributed by atoms with E-state index in [1.807, 2.05) is 6.07 Å². The number of ether oxygens (including phenoxy) is 1. The van der Waals surface area contributed by atoms with Crippen LogP contribution in [0.25, 0.3) is 61.8 Å². The summed E-state index contributed by atoms with van der Waals surface area (Å²) in [6, 6.07) is 55.9. The Morgan fingerprint density at radius 2 is 1.15 bits per heavy atom. The van der Waals surface area contributed by atoms with Crippen molar-refractivity contribution in [1.82, 2.24) is 24.8 Å². The molecule has 0 saturated heterocycles. The fourth-order valence-electron chi connectivity index (χ4n) is 9.33. The van der Waals surface area contributed by atoms with Gasteiger partial charge < -0.3 is 19.9 Å². The SMILES string of the molecule is Cc1ccc(N2CN(c3cccc(Oc4cc5c(cc4-c4nc(-c6ccc(C(C)(C)C)cc6)nc(-c6ccc(C(C)(C)C)cc6)n4)c4ccccc4n5C4=CC=CCN4)c3)c3ccccc32)cc1. The number of benzene rings is 7. The standard InChI is InChI=1S/C60H55N7O/c1-39-22-32-44(33-23-39)65-38-66(52-20-11-10-19-51(52)65)45-15-14-16-46(35-45)68-54-37-53-48(47-17-8-9-18-50(47)67(53)55-21-12-13-34-61-55)36-49(54)58-63-56(40-24-28-42(29-25-40)59(2,3)4)62-57(64-58)41-26-30-43(31-27-41)60(5,6)7/h8-33,35-37,61H,34,38H2,1-7H3. The van der Waals surface area contributed by atoms with Gasteiger partial charge in [0.2, 0.25) is 0 Å². The molecule has 11 rings (SSSR count). The number of hydrogen-bond donors (Lipinski definition) is 1. The summed E-state index contributed by atoms with van der Waals surface area (Å²) in [5.74, 6) is 4.02. The molecule has 2 aromatic heterocycles. The van der Waals surface area contributed by atoms with Crippen LogP contribution in [0.5, 0.6) is 11.5 Å².